The highest BCUT2D eigenvalue weighted by atomic mass is 16.5. The van der Waals surface area contributed by atoms with Gasteiger partial charge >= 0.3 is 5.97 Å². The van der Waals surface area contributed by atoms with Crippen molar-refractivity contribution in [2.45, 2.75) is 13.5 Å². The van der Waals surface area contributed by atoms with Gasteiger partial charge in [-0.15, -0.1) is 5.10 Å². The summed E-state index contributed by atoms with van der Waals surface area (Å²) >= 11 is 0. The van der Waals surface area contributed by atoms with Crippen molar-refractivity contribution in [1.29, 1.82) is 0 Å². The molecular weight excluding hydrogens is 372 g/mol. The zero-order valence-corrected chi connectivity index (χ0v) is 16.5. The largest absolute Gasteiger partial charge is 0.497 e. The van der Waals surface area contributed by atoms with Gasteiger partial charge in [-0.3, -0.25) is 4.79 Å². The minimum absolute atomic E-state index is 0.0236. The number of amides is 1. The zero-order valence-electron chi connectivity index (χ0n) is 16.5. The number of aromatic nitrogens is 3. The van der Waals surface area contributed by atoms with Gasteiger partial charge in [-0.2, -0.15) is 0 Å². The first-order valence-electron chi connectivity index (χ1n) is 9.11. The number of methoxy groups -OCH3 is 1. The Morgan fingerprint density at radius 1 is 1.07 bits per heavy atom. The summed E-state index contributed by atoms with van der Waals surface area (Å²) in [5.74, 6) is -0.366. The molecule has 0 bridgehead atoms. The molecule has 0 unspecified atom stereocenters. The third-order valence-electron chi connectivity index (χ3n) is 4.35. The second-order valence-corrected chi connectivity index (χ2v) is 6.21. The Balaban J connectivity index is 1.94. The van der Waals surface area contributed by atoms with E-state index in [-0.39, 0.29) is 24.5 Å². The topological polar surface area (TPSA) is 86.6 Å². The van der Waals surface area contributed by atoms with Crippen LogP contribution in [0.5, 0.6) is 5.75 Å². The molecule has 1 heterocycles. The van der Waals surface area contributed by atoms with Gasteiger partial charge in [0, 0.05) is 12.7 Å². The lowest BCUT2D eigenvalue weighted by molar-refractivity contribution is 0.0509. The maximum atomic E-state index is 13.0. The van der Waals surface area contributed by atoms with Gasteiger partial charge in [0.2, 0.25) is 0 Å². The maximum absolute atomic E-state index is 13.0. The number of ether oxygens (including phenoxy) is 2. The van der Waals surface area contributed by atoms with Crippen LogP contribution in [-0.2, 0) is 11.3 Å². The van der Waals surface area contributed by atoms with E-state index in [1.165, 1.54) is 9.58 Å². The molecule has 0 fully saturated rings. The summed E-state index contributed by atoms with van der Waals surface area (Å²) in [6.45, 7) is 2.13. The van der Waals surface area contributed by atoms with Crippen molar-refractivity contribution in [3.8, 4) is 5.75 Å². The van der Waals surface area contributed by atoms with Crippen LogP contribution in [0.1, 0.15) is 33.5 Å². The van der Waals surface area contributed by atoms with Crippen molar-refractivity contribution in [3.05, 3.63) is 71.5 Å². The molecule has 150 valence electrons. The van der Waals surface area contributed by atoms with E-state index < -0.39 is 11.9 Å². The van der Waals surface area contributed by atoms with Crippen molar-refractivity contribution in [2.75, 3.05) is 25.7 Å². The van der Waals surface area contributed by atoms with Crippen LogP contribution in [-0.4, -0.2) is 47.6 Å². The number of nitrogens with zero attached hydrogens (tertiary/aromatic N) is 4. The molecule has 2 aromatic carbocycles. The SMILES string of the molecule is CCOC(=O)c1c(C(=O)N(C)c2ccccc2)nnn1Cc1ccc(OC)cc1. The third-order valence-corrected chi connectivity index (χ3v) is 4.35. The molecule has 3 aromatic rings. The second kappa shape index (κ2) is 9.01. The second-order valence-electron chi connectivity index (χ2n) is 6.21. The average molecular weight is 394 g/mol. The van der Waals surface area contributed by atoms with Gasteiger partial charge in [-0.1, -0.05) is 35.5 Å². The number of carbonyl (C=O) groups is 2. The van der Waals surface area contributed by atoms with Gasteiger partial charge in [0.05, 0.1) is 20.3 Å². The standard InChI is InChI=1S/C21H22N4O4/c1-4-29-21(27)19-18(20(26)24(2)16-8-6-5-7-9-16)22-23-25(19)14-15-10-12-17(28-3)13-11-15/h5-13H,4,14H2,1-3H3. The lowest BCUT2D eigenvalue weighted by atomic mass is 10.2. The summed E-state index contributed by atoms with van der Waals surface area (Å²) in [5, 5.41) is 8.03. The number of hydrogen-bond donors (Lipinski definition) is 0. The molecule has 0 aliphatic rings. The first-order valence-corrected chi connectivity index (χ1v) is 9.11. The van der Waals surface area contributed by atoms with Gasteiger partial charge in [0.25, 0.3) is 5.91 Å². The monoisotopic (exact) mass is 394 g/mol. The molecule has 29 heavy (non-hydrogen) atoms. The molecular formula is C21H22N4O4. The molecule has 0 radical (unpaired) electrons. The predicted molar refractivity (Wildman–Crippen MR) is 107 cm³/mol. The van der Waals surface area contributed by atoms with Gasteiger partial charge in [0.1, 0.15) is 5.75 Å². The molecule has 1 amide bonds. The molecule has 1 aromatic heterocycles. The van der Waals surface area contributed by atoms with Crippen LogP contribution < -0.4 is 9.64 Å². The fourth-order valence-electron chi connectivity index (χ4n) is 2.80. The van der Waals surface area contributed by atoms with E-state index in [1.54, 1.807) is 33.2 Å². The normalized spacial score (nSPS) is 10.4. The van der Waals surface area contributed by atoms with Crippen LogP contribution in [0, 0.1) is 0 Å². The van der Waals surface area contributed by atoms with E-state index in [2.05, 4.69) is 10.3 Å². The average Bonchev–Trinajstić information content (AvgIpc) is 3.17. The number of esters is 1. The molecule has 0 spiro atoms. The molecule has 8 nitrogen and oxygen atoms in total. The Morgan fingerprint density at radius 2 is 1.76 bits per heavy atom. The van der Waals surface area contributed by atoms with Crippen LogP contribution in [0.3, 0.4) is 0 Å². The maximum Gasteiger partial charge on any atom is 0.359 e. The highest BCUT2D eigenvalue weighted by Gasteiger charge is 2.29. The Morgan fingerprint density at radius 3 is 2.38 bits per heavy atom. The summed E-state index contributed by atoms with van der Waals surface area (Å²) in [7, 11) is 3.21. The molecule has 0 N–H and O–H groups in total. The fraction of sp³-hybridized carbons (Fsp3) is 0.238. The van der Waals surface area contributed by atoms with Crippen LogP contribution in [0.15, 0.2) is 54.6 Å². The number of hydrogen-bond acceptors (Lipinski definition) is 6. The van der Waals surface area contributed by atoms with E-state index in [4.69, 9.17) is 9.47 Å². The zero-order chi connectivity index (χ0) is 20.8. The minimum atomic E-state index is -0.643. The van der Waals surface area contributed by atoms with Crippen LogP contribution in [0.4, 0.5) is 5.69 Å². The van der Waals surface area contributed by atoms with E-state index in [0.717, 1.165) is 11.3 Å². The number of rotatable bonds is 7. The van der Waals surface area contributed by atoms with E-state index >= 15 is 0 Å². The molecule has 0 saturated carbocycles. The van der Waals surface area contributed by atoms with Crippen molar-refractivity contribution >= 4 is 17.6 Å². The molecule has 3 rings (SSSR count). The smallest absolute Gasteiger partial charge is 0.359 e. The van der Waals surface area contributed by atoms with Gasteiger partial charge in [0.15, 0.2) is 11.4 Å². The van der Waals surface area contributed by atoms with Gasteiger partial charge in [-0.25, -0.2) is 9.48 Å². The number of benzene rings is 2. The first kappa shape index (κ1) is 20.1. The van der Waals surface area contributed by atoms with Crippen LogP contribution >= 0.6 is 0 Å². The van der Waals surface area contributed by atoms with E-state index in [1.807, 2.05) is 42.5 Å². The number of carbonyl (C=O) groups excluding carboxylic acids is 2. The lowest BCUT2D eigenvalue weighted by Gasteiger charge is -2.16. The number of para-hydroxylation sites is 1. The Bertz CT molecular complexity index is 984. The third kappa shape index (κ3) is 4.43. The highest BCUT2D eigenvalue weighted by Crippen LogP contribution is 2.18. The highest BCUT2D eigenvalue weighted by molar-refractivity contribution is 6.10. The Kier molecular flexibility index (Phi) is 6.23. The van der Waals surface area contributed by atoms with Crippen molar-refractivity contribution < 1.29 is 19.1 Å². The molecule has 0 saturated heterocycles. The molecule has 0 aliphatic carbocycles. The van der Waals surface area contributed by atoms with Crippen molar-refractivity contribution in [2.24, 2.45) is 0 Å². The van der Waals surface area contributed by atoms with Crippen molar-refractivity contribution in [1.82, 2.24) is 15.0 Å². The van der Waals surface area contributed by atoms with Gasteiger partial charge in [-0.05, 0) is 36.8 Å². The molecule has 8 heteroatoms. The molecule has 0 atom stereocenters. The summed E-state index contributed by atoms with van der Waals surface area (Å²) in [6, 6.07) is 16.4. The lowest BCUT2D eigenvalue weighted by Crippen LogP contribution is -2.29. The minimum Gasteiger partial charge on any atom is -0.497 e. The fourth-order valence-corrected chi connectivity index (χ4v) is 2.80. The molecule has 0 aliphatic heterocycles. The quantitative estimate of drug-likeness (QED) is 0.573. The van der Waals surface area contributed by atoms with E-state index in [0.29, 0.717) is 5.69 Å². The van der Waals surface area contributed by atoms with Gasteiger partial charge < -0.3 is 14.4 Å². The summed E-state index contributed by atoms with van der Waals surface area (Å²) < 4.78 is 11.7. The Labute approximate surface area is 168 Å². The van der Waals surface area contributed by atoms with Crippen LogP contribution in [0.2, 0.25) is 0 Å². The summed E-state index contributed by atoms with van der Waals surface area (Å²) in [6.07, 6.45) is 0. The summed E-state index contributed by atoms with van der Waals surface area (Å²) in [5.41, 5.74) is 1.52. The van der Waals surface area contributed by atoms with Crippen LogP contribution in [0.25, 0.3) is 0 Å². The first-order chi connectivity index (χ1) is 14.0. The number of anilines is 1. The summed E-state index contributed by atoms with van der Waals surface area (Å²) in [4.78, 5) is 27.0. The van der Waals surface area contributed by atoms with E-state index in [9.17, 15) is 9.59 Å². The van der Waals surface area contributed by atoms with Crippen molar-refractivity contribution in [3.63, 3.8) is 0 Å². The predicted octanol–water partition coefficient (Wildman–Crippen LogP) is 2.79. The Hall–Kier alpha value is -3.68.